The summed E-state index contributed by atoms with van der Waals surface area (Å²) in [5, 5.41) is 6.04. The van der Waals surface area contributed by atoms with E-state index in [0.29, 0.717) is 18.1 Å². The van der Waals surface area contributed by atoms with E-state index in [9.17, 15) is 4.79 Å². The normalized spacial score (nSPS) is 19.3. The van der Waals surface area contributed by atoms with Crippen LogP contribution in [0.25, 0.3) is 27.9 Å². The summed E-state index contributed by atoms with van der Waals surface area (Å²) in [6.07, 6.45) is 0. The van der Waals surface area contributed by atoms with Gasteiger partial charge in [-0.3, -0.25) is 0 Å². The van der Waals surface area contributed by atoms with E-state index in [4.69, 9.17) is 19.0 Å². The van der Waals surface area contributed by atoms with Crippen LogP contribution >= 0.6 is 0 Å². The van der Waals surface area contributed by atoms with Gasteiger partial charge in [0.25, 0.3) is 0 Å². The predicted molar refractivity (Wildman–Crippen MR) is 142 cm³/mol. The van der Waals surface area contributed by atoms with E-state index in [2.05, 4.69) is 26.0 Å². The van der Waals surface area contributed by atoms with Gasteiger partial charge in [0.1, 0.15) is 22.6 Å². The molecule has 0 fully saturated rings. The minimum atomic E-state index is -0.567. The molecule has 0 amide bonds. The fraction of sp³-hybridized carbons (Fsp3) is 0.226. The lowest BCUT2D eigenvalue weighted by Gasteiger charge is -2.46. The Labute approximate surface area is 214 Å². The number of hydrogen-bond donors (Lipinski definition) is 0. The molecule has 0 saturated heterocycles. The van der Waals surface area contributed by atoms with E-state index in [1.54, 1.807) is 0 Å². The van der Waals surface area contributed by atoms with E-state index < -0.39 is 5.60 Å². The van der Waals surface area contributed by atoms with Crippen molar-refractivity contribution in [1.82, 2.24) is 9.78 Å². The Bertz CT molecular complexity index is 1720. The first-order valence-corrected chi connectivity index (χ1v) is 12.6. The molecule has 2 aliphatic rings. The van der Waals surface area contributed by atoms with Crippen molar-refractivity contribution in [3.05, 3.63) is 106 Å². The average Bonchev–Trinajstić information content (AvgIpc) is 3.27. The number of hydrogen-bond acceptors (Lipinski definition) is 5. The number of aryl methyl sites for hydroxylation is 1. The number of ether oxygens (including phenoxy) is 2. The molecule has 6 nitrogen and oxygen atoms in total. The highest BCUT2D eigenvalue weighted by atomic mass is 16.5. The molecule has 3 aromatic carbocycles. The smallest absolute Gasteiger partial charge is 0.336 e. The molecule has 184 valence electrons. The van der Waals surface area contributed by atoms with Crippen LogP contribution in [0.1, 0.15) is 36.5 Å². The van der Waals surface area contributed by atoms with Crippen molar-refractivity contribution in [2.45, 2.75) is 32.3 Å². The topological polar surface area (TPSA) is 66.5 Å². The molecule has 0 saturated carbocycles. The summed E-state index contributed by atoms with van der Waals surface area (Å²) in [6.45, 7) is 6.61. The van der Waals surface area contributed by atoms with Crippen molar-refractivity contribution in [3.8, 4) is 28.6 Å². The zero-order chi connectivity index (χ0) is 25.3. The maximum absolute atomic E-state index is 12.6. The van der Waals surface area contributed by atoms with Crippen molar-refractivity contribution in [1.29, 1.82) is 0 Å². The van der Waals surface area contributed by atoms with Gasteiger partial charge in [0.2, 0.25) is 5.88 Å². The van der Waals surface area contributed by atoms with Crippen molar-refractivity contribution >= 4 is 11.0 Å². The van der Waals surface area contributed by atoms with Crippen LogP contribution in [0.3, 0.4) is 0 Å². The lowest BCUT2D eigenvalue weighted by Crippen LogP contribution is -2.49. The van der Waals surface area contributed by atoms with Crippen LogP contribution in [0.15, 0.2) is 88.1 Å². The highest BCUT2D eigenvalue weighted by molar-refractivity contribution is 5.87. The third-order valence-corrected chi connectivity index (χ3v) is 7.74. The summed E-state index contributed by atoms with van der Waals surface area (Å²) in [5.41, 5.74) is 5.17. The van der Waals surface area contributed by atoms with Gasteiger partial charge in [-0.2, -0.15) is 5.10 Å². The van der Waals surface area contributed by atoms with Gasteiger partial charge in [-0.05, 0) is 50.6 Å². The highest BCUT2D eigenvalue weighted by Gasteiger charge is 2.52. The van der Waals surface area contributed by atoms with E-state index in [0.717, 1.165) is 44.8 Å². The van der Waals surface area contributed by atoms with Crippen LogP contribution in [0.2, 0.25) is 0 Å². The average molecular weight is 491 g/mol. The Balaban J connectivity index is 1.60. The SMILES string of the molecule is Cc1cc(=O)oc2c3c(ccc12)OC[C@@H]1[C@H]3c2c(-c3ccccc3)nn(-c3ccccc3)c2OC1(C)C. The van der Waals surface area contributed by atoms with Gasteiger partial charge in [-0.15, -0.1) is 0 Å². The number of para-hydroxylation sites is 1. The summed E-state index contributed by atoms with van der Waals surface area (Å²) < 4.78 is 20.9. The van der Waals surface area contributed by atoms with Gasteiger partial charge in [0, 0.05) is 34.4 Å². The van der Waals surface area contributed by atoms with Crippen LogP contribution in [0.4, 0.5) is 0 Å². The van der Waals surface area contributed by atoms with E-state index >= 15 is 0 Å². The molecule has 0 bridgehead atoms. The summed E-state index contributed by atoms with van der Waals surface area (Å²) >= 11 is 0. The molecule has 0 radical (unpaired) electrons. The Morgan fingerprint density at radius 3 is 2.43 bits per heavy atom. The minimum absolute atomic E-state index is 0.0280. The fourth-order valence-electron chi connectivity index (χ4n) is 5.90. The molecule has 0 unspecified atom stereocenters. The standard InChI is InChI=1S/C31H26N2O4/c1-18-16-24(34)36-29-21(18)14-15-23-26(29)25-22(17-35-23)31(2,3)37-30-27(25)28(19-10-6-4-7-11-19)32-33(30)20-12-8-5-9-13-20/h4-16,22,25H,17H2,1-3H3/t22-,25-/m1/s1. The maximum Gasteiger partial charge on any atom is 0.336 e. The molecule has 0 N–H and O–H groups in total. The molecular formula is C31H26N2O4. The zero-order valence-electron chi connectivity index (χ0n) is 20.9. The fourth-order valence-corrected chi connectivity index (χ4v) is 5.90. The van der Waals surface area contributed by atoms with Gasteiger partial charge in [0.15, 0.2) is 0 Å². The van der Waals surface area contributed by atoms with Crippen LogP contribution in [0.5, 0.6) is 11.6 Å². The number of aromatic nitrogens is 2. The molecule has 0 spiro atoms. The summed E-state index contributed by atoms with van der Waals surface area (Å²) in [4.78, 5) is 12.6. The molecule has 7 rings (SSSR count). The van der Waals surface area contributed by atoms with Crippen LogP contribution < -0.4 is 15.1 Å². The van der Waals surface area contributed by atoms with Gasteiger partial charge >= 0.3 is 5.63 Å². The molecule has 0 aliphatic carbocycles. The molecule has 2 atom stereocenters. The van der Waals surface area contributed by atoms with Crippen molar-refractivity contribution < 1.29 is 13.9 Å². The second-order valence-electron chi connectivity index (χ2n) is 10.4. The third kappa shape index (κ3) is 3.25. The summed E-state index contributed by atoms with van der Waals surface area (Å²) in [5.74, 6) is 1.26. The lowest BCUT2D eigenvalue weighted by atomic mass is 9.69. The summed E-state index contributed by atoms with van der Waals surface area (Å²) in [7, 11) is 0. The Hall–Kier alpha value is -4.32. The molecule has 5 aromatic rings. The number of rotatable bonds is 2. The first-order valence-electron chi connectivity index (χ1n) is 12.6. The number of nitrogens with zero attached hydrogens (tertiary/aromatic N) is 2. The van der Waals surface area contributed by atoms with E-state index in [1.807, 2.05) is 72.3 Å². The Morgan fingerprint density at radius 2 is 1.68 bits per heavy atom. The molecule has 4 heterocycles. The summed E-state index contributed by atoms with van der Waals surface area (Å²) in [6, 6.07) is 25.7. The first-order chi connectivity index (χ1) is 17.9. The quantitative estimate of drug-likeness (QED) is 0.273. The van der Waals surface area contributed by atoms with Crippen molar-refractivity contribution in [3.63, 3.8) is 0 Å². The minimum Gasteiger partial charge on any atom is -0.493 e. The highest BCUT2D eigenvalue weighted by Crippen LogP contribution is 2.57. The van der Waals surface area contributed by atoms with Crippen molar-refractivity contribution in [2.75, 3.05) is 6.61 Å². The molecule has 37 heavy (non-hydrogen) atoms. The number of benzene rings is 3. The Kier molecular flexibility index (Phi) is 4.64. The molecular weight excluding hydrogens is 464 g/mol. The maximum atomic E-state index is 12.6. The van der Waals surface area contributed by atoms with Crippen LogP contribution in [-0.2, 0) is 0 Å². The molecule has 6 heteroatoms. The lowest BCUT2D eigenvalue weighted by molar-refractivity contribution is -0.0182. The van der Waals surface area contributed by atoms with E-state index in [1.165, 1.54) is 6.07 Å². The largest absolute Gasteiger partial charge is 0.493 e. The number of fused-ring (bicyclic) bond motifs is 7. The van der Waals surface area contributed by atoms with Gasteiger partial charge < -0.3 is 13.9 Å². The second kappa shape index (κ2) is 7.84. The predicted octanol–water partition coefficient (Wildman–Crippen LogP) is 6.27. The van der Waals surface area contributed by atoms with Crippen LogP contribution in [-0.4, -0.2) is 22.0 Å². The van der Waals surface area contributed by atoms with Gasteiger partial charge in [-0.25, -0.2) is 9.48 Å². The van der Waals surface area contributed by atoms with Gasteiger partial charge in [0.05, 0.1) is 17.9 Å². The van der Waals surface area contributed by atoms with Gasteiger partial charge in [-0.1, -0.05) is 48.5 Å². The second-order valence-corrected chi connectivity index (χ2v) is 10.4. The van der Waals surface area contributed by atoms with Crippen molar-refractivity contribution in [2.24, 2.45) is 5.92 Å². The van der Waals surface area contributed by atoms with E-state index in [-0.39, 0.29) is 17.5 Å². The third-order valence-electron chi connectivity index (χ3n) is 7.74. The zero-order valence-corrected chi connectivity index (χ0v) is 20.9. The monoisotopic (exact) mass is 490 g/mol. The Morgan fingerprint density at radius 1 is 0.946 bits per heavy atom. The first kappa shape index (κ1) is 21.9. The molecule has 2 aromatic heterocycles. The van der Waals surface area contributed by atoms with Crippen LogP contribution in [0, 0.1) is 12.8 Å². The molecule has 2 aliphatic heterocycles.